The second-order valence-electron chi connectivity index (χ2n) is 3.81. The molecule has 0 saturated carbocycles. The van der Waals surface area contributed by atoms with E-state index in [-0.39, 0.29) is 0 Å². The normalized spacial score (nSPS) is 10.5. The van der Waals surface area contributed by atoms with E-state index in [0.717, 1.165) is 36.6 Å². The minimum Gasteiger partial charge on any atom is -0.370 e. The maximum absolute atomic E-state index is 4.29. The first-order valence-electron chi connectivity index (χ1n) is 5.92. The molecular weight excluding hydrogens is 214 g/mol. The molecule has 0 radical (unpaired) electrons. The summed E-state index contributed by atoms with van der Waals surface area (Å²) in [6, 6.07) is 1.94. The molecule has 2 aromatic rings. The van der Waals surface area contributed by atoms with Crippen molar-refractivity contribution in [2.75, 3.05) is 11.9 Å². The van der Waals surface area contributed by atoms with Crippen LogP contribution in [0.2, 0.25) is 0 Å². The molecule has 0 aromatic carbocycles. The van der Waals surface area contributed by atoms with Crippen LogP contribution in [0.15, 0.2) is 24.8 Å². The lowest BCUT2D eigenvalue weighted by molar-refractivity contribution is 0.603. The number of hydrogen-bond donors (Lipinski definition) is 1. The van der Waals surface area contributed by atoms with Crippen molar-refractivity contribution in [3.63, 3.8) is 0 Å². The molecule has 5 heteroatoms. The smallest absolute Gasteiger partial charge is 0.129 e. The standard InChI is InChI=1S/C12H17N5/c1-3-5-17-8-10(7-16-17)11-6-12(13-4-2)15-9-14-11/h6-9H,3-5H2,1-2H3,(H,13,14,15). The molecule has 90 valence electrons. The zero-order valence-corrected chi connectivity index (χ0v) is 10.2. The van der Waals surface area contributed by atoms with Crippen molar-refractivity contribution < 1.29 is 0 Å². The van der Waals surface area contributed by atoms with E-state index in [1.807, 2.05) is 30.1 Å². The van der Waals surface area contributed by atoms with Crippen molar-refractivity contribution in [3.05, 3.63) is 24.8 Å². The van der Waals surface area contributed by atoms with Gasteiger partial charge in [-0.2, -0.15) is 5.10 Å². The summed E-state index contributed by atoms with van der Waals surface area (Å²) in [6.07, 6.45) is 6.51. The van der Waals surface area contributed by atoms with Gasteiger partial charge in [-0.3, -0.25) is 4.68 Å². The predicted molar refractivity (Wildman–Crippen MR) is 67.7 cm³/mol. The summed E-state index contributed by atoms with van der Waals surface area (Å²) in [6.45, 7) is 5.97. The zero-order valence-electron chi connectivity index (χ0n) is 10.2. The monoisotopic (exact) mass is 231 g/mol. The van der Waals surface area contributed by atoms with Crippen molar-refractivity contribution in [2.45, 2.75) is 26.8 Å². The third-order valence-corrected chi connectivity index (χ3v) is 2.41. The highest BCUT2D eigenvalue weighted by Gasteiger charge is 2.04. The summed E-state index contributed by atoms with van der Waals surface area (Å²) in [5.74, 6) is 0.848. The molecule has 1 N–H and O–H groups in total. The average Bonchev–Trinajstić information content (AvgIpc) is 2.79. The number of rotatable bonds is 5. The molecule has 5 nitrogen and oxygen atoms in total. The van der Waals surface area contributed by atoms with Crippen molar-refractivity contribution in [2.24, 2.45) is 0 Å². The summed E-state index contributed by atoms with van der Waals surface area (Å²) < 4.78 is 1.93. The molecule has 0 aliphatic carbocycles. The Morgan fingerprint density at radius 1 is 1.29 bits per heavy atom. The first kappa shape index (κ1) is 11.6. The molecule has 0 aliphatic heterocycles. The van der Waals surface area contributed by atoms with E-state index in [9.17, 15) is 0 Å². The highest BCUT2D eigenvalue weighted by molar-refractivity contribution is 5.60. The topological polar surface area (TPSA) is 55.6 Å². The Kier molecular flexibility index (Phi) is 3.69. The number of aromatic nitrogens is 4. The summed E-state index contributed by atoms with van der Waals surface area (Å²) in [7, 11) is 0. The summed E-state index contributed by atoms with van der Waals surface area (Å²) in [5, 5.41) is 7.47. The largest absolute Gasteiger partial charge is 0.370 e. The van der Waals surface area contributed by atoms with Crippen molar-refractivity contribution in [1.29, 1.82) is 0 Å². The minimum atomic E-state index is 0.848. The van der Waals surface area contributed by atoms with Gasteiger partial charge >= 0.3 is 0 Å². The third-order valence-electron chi connectivity index (χ3n) is 2.41. The van der Waals surface area contributed by atoms with Gasteiger partial charge in [-0.25, -0.2) is 9.97 Å². The van der Waals surface area contributed by atoms with Gasteiger partial charge in [0, 0.05) is 30.9 Å². The second-order valence-corrected chi connectivity index (χ2v) is 3.81. The van der Waals surface area contributed by atoms with Gasteiger partial charge in [-0.15, -0.1) is 0 Å². The van der Waals surface area contributed by atoms with Crippen molar-refractivity contribution in [1.82, 2.24) is 19.7 Å². The number of nitrogens with zero attached hydrogens (tertiary/aromatic N) is 4. The molecule has 0 fully saturated rings. The second kappa shape index (κ2) is 5.43. The molecule has 2 aromatic heterocycles. The minimum absolute atomic E-state index is 0.848. The fourth-order valence-electron chi connectivity index (χ4n) is 1.64. The first-order valence-corrected chi connectivity index (χ1v) is 5.92. The predicted octanol–water partition coefficient (Wildman–Crippen LogP) is 2.18. The Balaban J connectivity index is 2.22. The van der Waals surface area contributed by atoms with Crippen LogP contribution in [0.4, 0.5) is 5.82 Å². The summed E-state index contributed by atoms with van der Waals surface area (Å²) >= 11 is 0. The lowest BCUT2D eigenvalue weighted by Crippen LogP contribution is -1.99. The average molecular weight is 231 g/mol. The van der Waals surface area contributed by atoms with Crippen LogP contribution in [0, 0.1) is 0 Å². The van der Waals surface area contributed by atoms with Gasteiger partial charge in [0.25, 0.3) is 0 Å². The molecule has 2 rings (SSSR count). The Bertz CT molecular complexity index is 477. The van der Waals surface area contributed by atoms with Crippen LogP contribution in [-0.2, 0) is 6.54 Å². The number of nitrogens with one attached hydrogen (secondary N) is 1. The molecule has 0 unspecified atom stereocenters. The van der Waals surface area contributed by atoms with E-state index in [2.05, 4.69) is 27.3 Å². The molecule has 0 amide bonds. The van der Waals surface area contributed by atoms with Gasteiger partial charge in [0.1, 0.15) is 12.1 Å². The summed E-state index contributed by atoms with van der Waals surface area (Å²) in [4.78, 5) is 8.41. The van der Waals surface area contributed by atoms with Gasteiger partial charge < -0.3 is 5.32 Å². The summed E-state index contributed by atoms with van der Waals surface area (Å²) in [5.41, 5.74) is 1.93. The SMILES string of the molecule is CCCn1cc(-c2cc(NCC)ncn2)cn1. The van der Waals surface area contributed by atoms with E-state index in [0.29, 0.717) is 0 Å². The Labute approximate surface area is 101 Å². The fourth-order valence-corrected chi connectivity index (χ4v) is 1.64. The highest BCUT2D eigenvalue weighted by atomic mass is 15.3. The molecule has 0 saturated heterocycles. The lowest BCUT2D eigenvalue weighted by atomic mass is 10.2. The van der Waals surface area contributed by atoms with Crippen LogP contribution < -0.4 is 5.32 Å². The Morgan fingerprint density at radius 3 is 2.94 bits per heavy atom. The van der Waals surface area contributed by atoms with Gasteiger partial charge in [0.2, 0.25) is 0 Å². The molecule has 17 heavy (non-hydrogen) atoms. The van der Waals surface area contributed by atoms with E-state index < -0.39 is 0 Å². The molecule has 0 atom stereocenters. The molecule has 0 spiro atoms. The number of aryl methyl sites for hydroxylation is 1. The van der Waals surface area contributed by atoms with Crippen LogP contribution in [0.3, 0.4) is 0 Å². The third kappa shape index (κ3) is 2.81. The molecule has 2 heterocycles. The molecule has 0 aliphatic rings. The highest BCUT2D eigenvalue weighted by Crippen LogP contribution is 2.17. The number of anilines is 1. The van der Waals surface area contributed by atoms with Crippen LogP contribution in [0.1, 0.15) is 20.3 Å². The maximum Gasteiger partial charge on any atom is 0.129 e. The Hall–Kier alpha value is -1.91. The van der Waals surface area contributed by atoms with Gasteiger partial charge in [0.05, 0.1) is 11.9 Å². The van der Waals surface area contributed by atoms with Gasteiger partial charge in [0.15, 0.2) is 0 Å². The van der Waals surface area contributed by atoms with E-state index in [1.54, 1.807) is 6.33 Å². The first-order chi connectivity index (χ1) is 8.33. The van der Waals surface area contributed by atoms with Crippen LogP contribution in [0.5, 0.6) is 0 Å². The van der Waals surface area contributed by atoms with Crippen molar-refractivity contribution >= 4 is 5.82 Å². The quantitative estimate of drug-likeness (QED) is 0.857. The Morgan fingerprint density at radius 2 is 2.18 bits per heavy atom. The van der Waals surface area contributed by atoms with E-state index in [4.69, 9.17) is 0 Å². The number of hydrogen-bond acceptors (Lipinski definition) is 4. The van der Waals surface area contributed by atoms with E-state index in [1.165, 1.54) is 0 Å². The van der Waals surface area contributed by atoms with E-state index >= 15 is 0 Å². The van der Waals surface area contributed by atoms with Crippen LogP contribution >= 0.6 is 0 Å². The molecule has 0 bridgehead atoms. The lowest BCUT2D eigenvalue weighted by Gasteiger charge is -2.02. The van der Waals surface area contributed by atoms with Crippen LogP contribution in [0.25, 0.3) is 11.3 Å². The van der Waals surface area contributed by atoms with Crippen LogP contribution in [-0.4, -0.2) is 26.3 Å². The maximum atomic E-state index is 4.29. The zero-order chi connectivity index (χ0) is 12.1. The fraction of sp³-hybridized carbons (Fsp3) is 0.417. The van der Waals surface area contributed by atoms with Crippen molar-refractivity contribution in [3.8, 4) is 11.3 Å². The van der Waals surface area contributed by atoms with Gasteiger partial charge in [-0.05, 0) is 13.3 Å². The van der Waals surface area contributed by atoms with Gasteiger partial charge in [-0.1, -0.05) is 6.92 Å². The molecular formula is C12H17N5.